The van der Waals surface area contributed by atoms with Crippen LogP contribution in [0.5, 0.6) is 0 Å². The topological polar surface area (TPSA) is 61.3 Å². The maximum atomic E-state index is 9.53. The molecule has 0 radical (unpaired) electrons. The number of ether oxygens (including phenoxy) is 2. The van der Waals surface area contributed by atoms with Gasteiger partial charge in [0.25, 0.3) is 0 Å². The first-order valence-electron chi connectivity index (χ1n) is 8.26. The number of rotatable bonds is 3. The molecule has 1 atom stereocenters. The van der Waals surface area contributed by atoms with Gasteiger partial charge in [-0.05, 0) is 18.1 Å². The van der Waals surface area contributed by atoms with E-state index < -0.39 is 5.79 Å². The monoisotopic (exact) mass is 311 g/mol. The van der Waals surface area contributed by atoms with Gasteiger partial charge in [0.15, 0.2) is 5.79 Å². The number of para-hydroxylation sites is 1. The quantitative estimate of drug-likeness (QED) is 0.946. The first-order valence-corrected chi connectivity index (χ1v) is 8.26. The van der Waals surface area contributed by atoms with Gasteiger partial charge in [-0.15, -0.1) is 0 Å². The predicted molar refractivity (Wildman–Crippen MR) is 86.8 cm³/mol. The van der Waals surface area contributed by atoms with Crippen molar-refractivity contribution in [1.29, 1.82) is 5.26 Å². The zero-order valence-electron chi connectivity index (χ0n) is 13.1. The van der Waals surface area contributed by atoms with Crippen molar-refractivity contribution in [3.63, 3.8) is 0 Å². The standard InChI is InChI=1S/C18H21N3O2/c19-12-15-11-18(22-9-10-23-18)6-8-21(15)7-5-14-13-20-17-4-2-1-3-16(14)17/h1-4,13,15,20H,5-11H2. The van der Waals surface area contributed by atoms with Gasteiger partial charge in [-0.1, -0.05) is 18.2 Å². The summed E-state index contributed by atoms with van der Waals surface area (Å²) in [6.07, 6.45) is 4.52. The number of H-pyrrole nitrogens is 1. The summed E-state index contributed by atoms with van der Waals surface area (Å²) < 4.78 is 11.5. The number of aromatic nitrogens is 1. The number of nitrogens with zero attached hydrogens (tertiary/aromatic N) is 2. The van der Waals surface area contributed by atoms with Gasteiger partial charge in [0.1, 0.15) is 6.04 Å². The molecule has 2 aliphatic heterocycles. The molecule has 0 aliphatic carbocycles. The molecular weight excluding hydrogens is 290 g/mol. The minimum atomic E-state index is -0.502. The van der Waals surface area contributed by atoms with Crippen molar-refractivity contribution in [1.82, 2.24) is 9.88 Å². The molecule has 0 saturated carbocycles. The largest absolute Gasteiger partial charge is 0.361 e. The second-order valence-corrected chi connectivity index (χ2v) is 6.35. The number of nitrogens with one attached hydrogen (secondary N) is 1. The Morgan fingerprint density at radius 3 is 2.96 bits per heavy atom. The zero-order chi connectivity index (χ0) is 15.7. The summed E-state index contributed by atoms with van der Waals surface area (Å²) in [4.78, 5) is 5.58. The summed E-state index contributed by atoms with van der Waals surface area (Å²) >= 11 is 0. The highest BCUT2D eigenvalue weighted by molar-refractivity contribution is 5.83. The lowest BCUT2D eigenvalue weighted by atomic mass is 9.96. The van der Waals surface area contributed by atoms with Crippen LogP contribution in [0.2, 0.25) is 0 Å². The molecule has 5 nitrogen and oxygen atoms in total. The maximum Gasteiger partial charge on any atom is 0.172 e. The van der Waals surface area contributed by atoms with E-state index in [-0.39, 0.29) is 6.04 Å². The molecule has 5 heteroatoms. The van der Waals surface area contributed by atoms with Crippen molar-refractivity contribution < 1.29 is 9.47 Å². The highest BCUT2D eigenvalue weighted by atomic mass is 16.7. The smallest absolute Gasteiger partial charge is 0.172 e. The Bertz CT molecular complexity index is 727. The van der Waals surface area contributed by atoms with E-state index >= 15 is 0 Å². The van der Waals surface area contributed by atoms with Crippen molar-refractivity contribution in [2.45, 2.75) is 31.1 Å². The van der Waals surface area contributed by atoms with Gasteiger partial charge in [0.05, 0.1) is 19.3 Å². The van der Waals surface area contributed by atoms with E-state index in [2.05, 4.69) is 40.3 Å². The minimum absolute atomic E-state index is 0.132. The van der Waals surface area contributed by atoms with Crippen LogP contribution in [0.3, 0.4) is 0 Å². The number of hydrogen-bond acceptors (Lipinski definition) is 4. The van der Waals surface area contributed by atoms with Gasteiger partial charge < -0.3 is 14.5 Å². The highest BCUT2D eigenvalue weighted by Crippen LogP contribution is 2.34. The lowest BCUT2D eigenvalue weighted by Crippen LogP contribution is -2.51. The van der Waals surface area contributed by atoms with Gasteiger partial charge in [-0.25, -0.2) is 0 Å². The van der Waals surface area contributed by atoms with Crippen LogP contribution in [0.25, 0.3) is 10.9 Å². The molecule has 1 N–H and O–H groups in total. The van der Waals surface area contributed by atoms with Gasteiger partial charge in [-0.3, -0.25) is 4.90 Å². The molecule has 0 amide bonds. The summed E-state index contributed by atoms with van der Waals surface area (Å²) in [6.45, 7) is 3.03. The van der Waals surface area contributed by atoms with Crippen molar-refractivity contribution in [3.05, 3.63) is 36.0 Å². The number of nitriles is 1. The van der Waals surface area contributed by atoms with Gasteiger partial charge >= 0.3 is 0 Å². The Kier molecular flexibility index (Phi) is 3.82. The number of aromatic amines is 1. The summed E-state index contributed by atoms with van der Waals surface area (Å²) in [5.41, 5.74) is 2.48. The summed E-state index contributed by atoms with van der Waals surface area (Å²) in [6, 6.07) is 10.6. The molecule has 120 valence electrons. The van der Waals surface area contributed by atoms with E-state index in [0.717, 1.165) is 25.9 Å². The number of fused-ring (bicyclic) bond motifs is 1. The molecule has 2 fully saturated rings. The SMILES string of the molecule is N#CC1CC2(CCN1CCc1c[nH]c3ccccc13)OCCO2. The van der Waals surface area contributed by atoms with Crippen LogP contribution in [-0.2, 0) is 15.9 Å². The van der Waals surface area contributed by atoms with E-state index in [4.69, 9.17) is 9.47 Å². The molecule has 2 aliphatic rings. The molecule has 1 aromatic carbocycles. The Labute approximate surface area is 135 Å². The Morgan fingerprint density at radius 1 is 1.30 bits per heavy atom. The molecule has 3 heterocycles. The van der Waals surface area contributed by atoms with Crippen LogP contribution in [0, 0.1) is 11.3 Å². The van der Waals surface area contributed by atoms with E-state index in [1.807, 2.05) is 6.07 Å². The molecule has 1 spiro atoms. The lowest BCUT2D eigenvalue weighted by Gasteiger charge is -2.40. The fourth-order valence-corrected chi connectivity index (χ4v) is 3.75. The van der Waals surface area contributed by atoms with Gasteiger partial charge in [-0.2, -0.15) is 5.26 Å². The van der Waals surface area contributed by atoms with Crippen molar-refractivity contribution in [2.75, 3.05) is 26.3 Å². The van der Waals surface area contributed by atoms with Crippen LogP contribution < -0.4 is 0 Å². The van der Waals surface area contributed by atoms with Gasteiger partial charge in [0, 0.05) is 43.0 Å². The zero-order valence-corrected chi connectivity index (χ0v) is 13.1. The number of likely N-dealkylation sites (tertiary alicyclic amines) is 1. The fourth-order valence-electron chi connectivity index (χ4n) is 3.75. The third-order valence-electron chi connectivity index (χ3n) is 5.03. The van der Waals surface area contributed by atoms with Gasteiger partial charge in [0.2, 0.25) is 0 Å². The highest BCUT2D eigenvalue weighted by Gasteiger charge is 2.44. The third kappa shape index (κ3) is 2.74. The molecule has 0 bridgehead atoms. The Morgan fingerprint density at radius 2 is 2.13 bits per heavy atom. The minimum Gasteiger partial charge on any atom is -0.361 e. The predicted octanol–water partition coefficient (Wildman–Crippen LogP) is 2.44. The van der Waals surface area contributed by atoms with E-state index in [1.54, 1.807) is 0 Å². The molecule has 1 aromatic heterocycles. The normalized spacial score (nSPS) is 24.2. The number of piperidine rings is 1. The maximum absolute atomic E-state index is 9.53. The van der Waals surface area contributed by atoms with E-state index in [1.165, 1.54) is 16.5 Å². The average molecular weight is 311 g/mol. The molecule has 2 saturated heterocycles. The molecule has 2 aromatic rings. The first-order chi connectivity index (χ1) is 11.3. The van der Waals surface area contributed by atoms with Crippen LogP contribution >= 0.6 is 0 Å². The summed E-state index contributed by atoms with van der Waals surface area (Å²) in [5, 5.41) is 10.8. The third-order valence-corrected chi connectivity index (χ3v) is 5.03. The fraction of sp³-hybridized carbons (Fsp3) is 0.500. The van der Waals surface area contributed by atoms with Crippen molar-refractivity contribution in [2.24, 2.45) is 0 Å². The van der Waals surface area contributed by atoms with Crippen LogP contribution in [0.1, 0.15) is 18.4 Å². The second kappa shape index (κ2) is 5.97. The van der Waals surface area contributed by atoms with Crippen LogP contribution in [0.15, 0.2) is 30.5 Å². The Balaban J connectivity index is 1.43. The lowest BCUT2D eigenvalue weighted by molar-refractivity contribution is -0.191. The number of hydrogen-bond donors (Lipinski definition) is 1. The molecule has 23 heavy (non-hydrogen) atoms. The van der Waals surface area contributed by atoms with Crippen molar-refractivity contribution >= 4 is 10.9 Å². The molecule has 1 unspecified atom stereocenters. The van der Waals surface area contributed by atoms with E-state index in [0.29, 0.717) is 19.6 Å². The Hall–Kier alpha value is -1.87. The van der Waals surface area contributed by atoms with Crippen LogP contribution in [-0.4, -0.2) is 48.0 Å². The summed E-state index contributed by atoms with van der Waals surface area (Å²) in [5.74, 6) is -0.502. The first kappa shape index (κ1) is 14.7. The molecule has 4 rings (SSSR count). The number of benzene rings is 1. The molecular formula is C18H21N3O2. The summed E-state index contributed by atoms with van der Waals surface area (Å²) in [7, 11) is 0. The second-order valence-electron chi connectivity index (χ2n) is 6.35. The van der Waals surface area contributed by atoms with Crippen molar-refractivity contribution in [3.8, 4) is 6.07 Å². The van der Waals surface area contributed by atoms with Crippen LogP contribution in [0.4, 0.5) is 0 Å². The average Bonchev–Trinajstić information content (AvgIpc) is 3.21. The van der Waals surface area contributed by atoms with E-state index in [9.17, 15) is 5.26 Å².